The van der Waals surface area contributed by atoms with Crippen LogP contribution in [-0.2, 0) is 9.59 Å². The highest BCUT2D eigenvalue weighted by atomic mass is 32.2. The number of carbonyl (C=O) groups excluding carboxylic acids is 2. The molecule has 2 heterocycles. The van der Waals surface area contributed by atoms with Crippen LogP contribution in [0.5, 0.6) is 0 Å². The van der Waals surface area contributed by atoms with Gasteiger partial charge in [0, 0.05) is 26.1 Å². The van der Waals surface area contributed by atoms with Crippen LogP contribution in [0.15, 0.2) is 4.34 Å². The van der Waals surface area contributed by atoms with Gasteiger partial charge in [0.25, 0.3) is 0 Å². The maximum absolute atomic E-state index is 12.1. The van der Waals surface area contributed by atoms with Gasteiger partial charge in [-0.2, -0.15) is 0 Å². The highest BCUT2D eigenvalue weighted by Gasteiger charge is 2.34. The lowest BCUT2D eigenvalue weighted by molar-refractivity contribution is -0.129. The third-order valence-electron chi connectivity index (χ3n) is 3.88. The lowest BCUT2D eigenvalue weighted by Gasteiger charge is -2.26. The normalized spacial score (nSPS) is 18.3. The van der Waals surface area contributed by atoms with E-state index in [0.29, 0.717) is 16.9 Å². The number of rotatable bonds is 5. The molecule has 3 rings (SSSR count). The smallest absolute Gasteiger partial charge is 0.233 e. The van der Waals surface area contributed by atoms with Crippen molar-refractivity contribution < 1.29 is 9.59 Å². The molecule has 1 aliphatic heterocycles. The number of nitrogens with zero attached hydrogens (tertiary/aromatic N) is 4. The van der Waals surface area contributed by atoms with Crippen molar-refractivity contribution in [3.63, 3.8) is 0 Å². The first-order valence-corrected chi connectivity index (χ1v) is 9.49. The first-order chi connectivity index (χ1) is 10.6. The summed E-state index contributed by atoms with van der Waals surface area (Å²) in [7, 11) is 0. The summed E-state index contributed by atoms with van der Waals surface area (Å²) < 4.78 is 0.757. The maximum Gasteiger partial charge on any atom is 0.233 e. The molecule has 6 nitrogen and oxygen atoms in total. The molecule has 1 saturated carbocycles. The van der Waals surface area contributed by atoms with E-state index in [9.17, 15) is 9.59 Å². The van der Waals surface area contributed by atoms with Crippen molar-refractivity contribution >= 4 is 40.0 Å². The molecule has 0 atom stereocenters. The van der Waals surface area contributed by atoms with Gasteiger partial charge in [-0.25, -0.2) is 0 Å². The largest absolute Gasteiger partial charge is 0.342 e. The Morgan fingerprint density at radius 1 is 1.27 bits per heavy atom. The second-order valence-corrected chi connectivity index (χ2v) is 7.88. The number of thioether (sulfide) groups is 1. The van der Waals surface area contributed by atoms with Gasteiger partial charge in [-0.1, -0.05) is 23.1 Å². The van der Waals surface area contributed by atoms with Crippen LogP contribution in [0.1, 0.15) is 39.0 Å². The van der Waals surface area contributed by atoms with Crippen LogP contribution < -0.4 is 4.90 Å². The molecule has 120 valence electrons. The quantitative estimate of drug-likeness (QED) is 0.607. The van der Waals surface area contributed by atoms with Crippen LogP contribution in [0.25, 0.3) is 0 Å². The fraction of sp³-hybridized carbons (Fsp3) is 0.714. The van der Waals surface area contributed by atoms with E-state index in [1.54, 1.807) is 11.8 Å². The van der Waals surface area contributed by atoms with Crippen molar-refractivity contribution in [1.29, 1.82) is 0 Å². The summed E-state index contributed by atoms with van der Waals surface area (Å²) in [6.07, 6.45) is 5.51. The molecule has 1 aromatic rings. The highest BCUT2D eigenvalue weighted by Crippen LogP contribution is 2.35. The Morgan fingerprint density at radius 2 is 2.00 bits per heavy atom. The molecule has 0 unspecified atom stereocenters. The predicted octanol–water partition coefficient (Wildman–Crippen LogP) is 2.16. The summed E-state index contributed by atoms with van der Waals surface area (Å²) >= 11 is 2.82. The Bertz CT molecular complexity index is 553. The van der Waals surface area contributed by atoms with Gasteiger partial charge in [0.1, 0.15) is 0 Å². The van der Waals surface area contributed by atoms with E-state index < -0.39 is 0 Å². The van der Waals surface area contributed by atoms with E-state index in [0.717, 1.165) is 43.1 Å². The number of likely N-dealkylation sites (tertiary alicyclic amines) is 1. The summed E-state index contributed by atoms with van der Waals surface area (Å²) in [6.45, 7) is 3.31. The summed E-state index contributed by atoms with van der Waals surface area (Å²) in [5, 5.41) is 8.89. The van der Waals surface area contributed by atoms with Crippen molar-refractivity contribution in [2.75, 3.05) is 23.7 Å². The number of anilines is 1. The first kappa shape index (κ1) is 15.7. The monoisotopic (exact) mass is 340 g/mol. The molecule has 0 N–H and O–H groups in total. The molecule has 2 aliphatic rings. The predicted molar refractivity (Wildman–Crippen MR) is 87.2 cm³/mol. The van der Waals surface area contributed by atoms with Gasteiger partial charge in [-0.05, 0) is 32.1 Å². The Morgan fingerprint density at radius 3 is 2.64 bits per heavy atom. The van der Waals surface area contributed by atoms with Crippen molar-refractivity contribution in [3.05, 3.63) is 0 Å². The van der Waals surface area contributed by atoms with Gasteiger partial charge in [-0.3, -0.25) is 14.5 Å². The summed E-state index contributed by atoms with van der Waals surface area (Å²) in [5.41, 5.74) is 0. The first-order valence-electron chi connectivity index (χ1n) is 7.69. The third-order valence-corrected chi connectivity index (χ3v) is 5.92. The lowest BCUT2D eigenvalue weighted by atomic mass is 10.1. The standard InChI is InChI=1S/C14H20N4O2S2/c1-10(19)18(11-5-6-11)13-15-16-14(22-13)21-9-12(20)17-7-3-2-4-8-17/h11H,2-9H2,1H3. The number of hydrogen-bond donors (Lipinski definition) is 0. The van der Waals surface area contributed by atoms with Gasteiger partial charge in [0.15, 0.2) is 4.34 Å². The van der Waals surface area contributed by atoms with Crippen LogP contribution in [-0.4, -0.2) is 51.8 Å². The van der Waals surface area contributed by atoms with E-state index in [1.165, 1.54) is 29.5 Å². The minimum atomic E-state index is 0.0135. The molecule has 1 aliphatic carbocycles. The molecule has 0 radical (unpaired) electrons. The van der Waals surface area contributed by atoms with E-state index in [-0.39, 0.29) is 11.8 Å². The third kappa shape index (κ3) is 3.78. The molecule has 1 aromatic heterocycles. The second-order valence-electron chi connectivity index (χ2n) is 5.70. The SMILES string of the molecule is CC(=O)N(c1nnc(SCC(=O)N2CCCCC2)s1)C1CC1. The zero-order valence-corrected chi connectivity index (χ0v) is 14.3. The molecule has 2 fully saturated rings. The Balaban J connectivity index is 1.55. The van der Waals surface area contributed by atoms with Gasteiger partial charge in [-0.15, -0.1) is 10.2 Å². The number of amides is 2. The lowest BCUT2D eigenvalue weighted by Crippen LogP contribution is -2.36. The molecule has 2 amide bonds. The molecule has 22 heavy (non-hydrogen) atoms. The Labute approximate surface area is 138 Å². The zero-order valence-electron chi connectivity index (χ0n) is 12.7. The van der Waals surface area contributed by atoms with Gasteiger partial charge in [0.2, 0.25) is 16.9 Å². The topological polar surface area (TPSA) is 66.4 Å². The molecule has 0 spiro atoms. The van der Waals surface area contributed by atoms with Gasteiger partial charge < -0.3 is 4.90 Å². The van der Waals surface area contributed by atoms with Gasteiger partial charge in [0.05, 0.1) is 5.75 Å². The fourth-order valence-electron chi connectivity index (χ4n) is 2.60. The molecular formula is C14H20N4O2S2. The summed E-state index contributed by atoms with van der Waals surface area (Å²) in [4.78, 5) is 27.5. The van der Waals surface area contributed by atoms with Crippen LogP contribution in [0.4, 0.5) is 5.13 Å². The summed E-state index contributed by atoms with van der Waals surface area (Å²) in [5.74, 6) is 0.588. The van der Waals surface area contributed by atoms with Crippen LogP contribution >= 0.6 is 23.1 Å². The zero-order chi connectivity index (χ0) is 15.5. The van der Waals surface area contributed by atoms with E-state index >= 15 is 0 Å². The van der Waals surface area contributed by atoms with E-state index in [2.05, 4.69) is 10.2 Å². The number of piperidine rings is 1. The second kappa shape index (κ2) is 6.95. The van der Waals surface area contributed by atoms with Crippen LogP contribution in [0.2, 0.25) is 0 Å². The number of aromatic nitrogens is 2. The number of hydrogen-bond acceptors (Lipinski definition) is 6. The molecule has 0 aromatic carbocycles. The summed E-state index contributed by atoms with van der Waals surface area (Å²) in [6, 6.07) is 0.290. The Hall–Kier alpha value is -1.15. The van der Waals surface area contributed by atoms with Crippen LogP contribution in [0, 0.1) is 0 Å². The van der Waals surface area contributed by atoms with Crippen molar-refractivity contribution in [2.45, 2.75) is 49.4 Å². The molecule has 0 bridgehead atoms. The average Bonchev–Trinajstić information content (AvgIpc) is 3.23. The van der Waals surface area contributed by atoms with Gasteiger partial charge >= 0.3 is 0 Å². The van der Waals surface area contributed by atoms with Crippen LogP contribution in [0.3, 0.4) is 0 Å². The molecule has 1 saturated heterocycles. The van der Waals surface area contributed by atoms with Crippen molar-refractivity contribution in [2.24, 2.45) is 0 Å². The minimum Gasteiger partial charge on any atom is -0.342 e. The van der Waals surface area contributed by atoms with Crippen molar-refractivity contribution in [3.8, 4) is 0 Å². The number of carbonyl (C=O) groups is 2. The molecule has 8 heteroatoms. The Kier molecular flexibility index (Phi) is 4.97. The van der Waals surface area contributed by atoms with E-state index in [1.807, 2.05) is 4.90 Å². The molecular weight excluding hydrogens is 320 g/mol. The fourth-order valence-corrected chi connectivity index (χ4v) is 4.46. The minimum absolute atomic E-state index is 0.0135. The van der Waals surface area contributed by atoms with Crippen molar-refractivity contribution in [1.82, 2.24) is 15.1 Å². The maximum atomic E-state index is 12.1. The average molecular weight is 340 g/mol. The highest BCUT2D eigenvalue weighted by molar-refractivity contribution is 8.01. The van der Waals surface area contributed by atoms with E-state index in [4.69, 9.17) is 0 Å².